The average Bonchev–Trinajstić information content (AvgIpc) is 2.40. The van der Waals surface area contributed by atoms with Gasteiger partial charge in [0.25, 0.3) is 0 Å². The molecule has 18 heavy (non-hydrogen) atoms. The van der Waals surface area contributed by atoms with Crippen molar-refractivity contribution in [3.05, 3.63) is 48.8 Å². The number of anilines is 2. The molecule has 0 atom stereocenters. The molecule has 0 unspecified atom stereocenters. The van der Waals surface area contributed by atoms with Crippen LogP contribution in [-0.4, -0.2) is 16.6 Å². The first-order valence-electron chi connectivity index (χ1n) is 5.42. The van der Waals surface area contributed by atoms with E-state index in [0.29, 0.717) is 11.4 Å². The highest BCUT2D eigenvalue weighted by atomic mass is 32.2. The minimum absolute atomic E-state index is 0.0402. The number of hydrogen-bond donors (Lipinski definition) is 2. The number of nitrogen functional groups attached to an aromatic ring is 1. The zero-order chi connectivity index (χ0) is 12.8. The Kier molecular flexibility index (Phi) is 4.20. The lowest BCUT2D eigenvalue weighted by Gasteiger charge is -2.05. The molecule has 3 N–H and O–H groups in total. The Bertz CT molecular complexity index is 514. The van der Waals surface area contributed by atoms with Crippen LogP contribution in [0.5, 0.6) is 0 Å². The summed E-state index contributed by atoms with van der Waals surface area (Å²) in [7, 11) is 0. The molecule has 0 bridgehead atoms. The Balaban J connectivity index is 1.84. The summed E-state index contributed by atoms with van der Waals surface area (Å²) < 4.78 is 0. The normalized spacial score (nSPS) is 10.0. The van der Waals surface area contributed by atoms with E-state index < -0.39 is 0 Å². The third-order valence-electron chi connectivity index (χ3n) is 2.21. The van der Waals surface area contributed by atoms with Crippen LogP contribution < -0.4 is 11.1 Å². The number of benzene rings is 1. The molecule has 0 saturated heterocycles. The van der Waals surface area contributed by atoms with Crippen LogP contribution in [0.15, 0.2) is 53.7 Å². The molecule has 2 rings (SSSR count). The number of carbonyl (C=O) groups is 1. The molecular weight excluding hydrogens is 246 g/mol. The van der Waals surface area contributed by atoms with Crippen molar-refractivity contribution in [3.63, 3.8) is 0 Å². The highest BCUT2D eigenvalue weighted by Crippen LogP contribution is 2.17. The first-order chi connectivity index (χ1) is 8.74. The zero-order valence-corrected chi connectivity index (χ0v) is 10.5. The van der Waals surface area contributed by atoms with Crippen LogP contribution in [-0.2, 0) is 4.79 Å². The molecule has 1 aromatic heterocycles. The van der Waals surface area contributed by atoms with Crippen LogP contribution in [0, 0.1) is 0 Å². The Morgan fingerprint density at radius 3 is 2.50 bits per heavy atom. The molecule has 1 aromatic carbocycles. The number of amides is 1. The van der Waals surface area contributed by atoms with Crippen molar-refractivity contribution in [2.75, 3.05) is 16.8 Å². The summed E-state index contributed by atoms with van der Waals surface area (Å²) in [6.45, 7) is 0. The van der Waals surface area contributed by atoms with Gasteiger partial charge in [-0.25, -0.2) is 0 Å². The van der Waals surface area contributed by atoms with Gasteiger partial charge >= 0.3 is 0 Å². The van der Waals surface area contributed by atoms with E-state index in [1.165, 1.54) is 11.8 Å². The number of pyridine rings is 1. The van der Waals surface area contributed by atoms with E-state index in [4.69, 9.17) is 5.73 Å². The van der Waals surface area contributed by atoms with E-state index in [9.17, 15) is 4.79 Å². The lowest BCUT2D eigenvalue weighted by Crippen LogP contribution is -2.13. The van der Waals surface area contributed by atoms with Crippen LogP contribution >= 0.6 is 11.8 Å². The number of nitrogens with two attached hydrogens (primary N) is 1. The molecule has 0 fully saturated rings. The minimum Gasteiger partial charge on any atom is -0.399 e. The topological polar surface area (TPSA) is 68.0 Å². The molecule has 0 aliphatic rings. The van der Waals surface area contributed by atoms with Gasteiger partial charge in [-0.3, -0.25) is 9.78 Å². The number of aromatic nitrogens is 1. The van der Waals surface area contributed by atoms with Gasteiger partial charge in [-0.2, -0.15) is 0 Å². The van der Waals surface area contributed by atoms with E-state index in [-0.39, 0.29) is 5.91 Å². The first-order valence-corrected chi connectivity index (χ1v) is 6.41. The fraction of sp³-hybridized carbons (Fsp3) is 0.0769. The van der Waals surface area contributed by atoms with Gasteiger partial charge in [0.2, 0.25) is 5.91 Å². The lowest BCUT2D eigenvalue weighted by molar-refractivity contribution is -0.113. The molecule has 4 nitrogen and oxygen atoms in total. The number of carbonyl (C=O) groups excluding carboxylic acids is 1. The van der Waals surface area contributed by atoms with Crippen molar-refractivity contribution in [2.24, 2.45) is 0 Å². The molecule has 1 amide bonds. The SMILES string of the molecule is Nc1ccc(NC(=O)CSc2ccncc2)cc1. The Hall–Kier alpha value is -2.01. The molecule has 5 heteroatoms. The van der Waals surface area contributed by atoms with Crippen molar-refractivity contribution < 1.29 is 4.79 Å². The zero-order valence-electron chi connectivity index (χ0n) is 9.67. The summed E-state index contributed by atoms with van der Waals surface area (Å²) >= 11 is 1.47. The van der Waals surface area contributed by atoms with Gasteiger partial charge in [0.05, 0.1) is 5.75 Å². The lowest BCUT2D eigenvalue weighted by atomic mass is 10.3. The van der Waals surface area contributed by atoms with E-state index in [0.717, 1.165) is 10.6 Å². The van der Waals surface area contributed by atoms with Crippen molar-refractivity contribution in [1.29, 1.82) is 0 Å². The van der Waals surface area contributed by atoms with E-state index in [1.807, 2.05) is 12.1 Å². The molecule has 0 aliphatic heterocycles. The minimum atomic E-state index is -0.0402. The predicted octanol–water partition coefficient (Wildman–Crippen LogP) is 2.39. The molecule has 1 heterocycles. The van der Waals surface area contributed by atoms with Crippen LogP contribution in [0.4, 0.5) is 11.4 Å². The molecule has 92 valence electrons. The summed E-state index contributed by atoms with van der Waals surface area (Å²) in [5, 5.41) is 2.81. The van der Waals surface area contributed by atoms with Crippen LogP contribution in [0.25, 0.3) is 0 Å². The summed E-state index contributed by atoms with van der Waals surface area (Å²) in [5.74, 6) is 0.329. The summed E-state index contributed by atoms with van der Waals surface area (Å²) in [5.41, 5.74) is 7.00. The predicted molar refractivity (Wildman–Crippen MR) is 74.4 cm³/mol. The smallest absolute Gasteiger partial charge is 0.234 e. The number of hydrogen-bond acceptors (Lipinski definition) is 4. The molecule has 0 aliphatic carbocycles. The fourth-order valence-corrected chi connectivity index (χ4v) is 2.03. The quantitative estimate of drug-likeness (QED) is 0.653. The average molecular weight is 259 g/mol. The summed E-state index contributed by atoms with van der Waals surface area (Å²) in [6.07, 6.45) is 3.42. The molecule has 0 radical (unpaired) electrons. The maximum atomic E-state index is 11.7. The monoisotopic (exact) mass is 259 g/mol. The van der Waals surface area contributed by atoms with Crippen molar-refractivity contribution >= 4 is 29.0 Å². The van der Waals surface area contributed by atoms with Gasteiger partial charge in [-0.05, 0) is 36.4 Å². The van der Waals surface area contributed by atoms with E-state index >= 15 is 0 Å². The number of rotatable bonds is 4. The van der Waals surface area contributed by atoms with E-state index in [1.54, 1.807) is 36.7 Å². The third-order valence-corrected chi connectivity index (χ3v) is 3.23. The maximum Gasteiger partial charge on any atom is 0.234 e. The van der Waals surface area contributed by atoms with Crippen LogP contribution in [0.1, 0.15) is 0 Å². The molecule has 0 saturated carbocycles. The standard InChI is InChI=1S/C13H13N3OS/c14-10-1-3-11(4-2-10)16-13(17)9-18-12-5-7-15-8-6-12/h1-8H,9,14H2,(H,16,17). The Morgan fingerprint density at radius 1 is 1.17 bits per heavy atom. The van der Waals surface area contributed by atoms with Crippen molar-refractivity contribution in [3.8, 4) is 0 Å². The van der Waals surface area contributed by atoms with Gasteiger partial charge < -0.3 is 11.1 Å². The van der Waals surface area contributed by atoms with Gasteiger partial charge in [-0.1, -0.05) is 0 Å². The first kappa shape index (κ1) is 12.4. The summed E-state index contributed by atoms with van der Waals surface area (Å²) in [4.78, 5) is 16.6. The van der Waals surface area contributed by atoms with Crippen LogP contribution in [0.3, 0.4) is 0 Å². The number of nitrogens with zero attached hydrogens (tertiary/aromatic N) is 1. The number of nitrogens with one attached hydrogen (secondary N) is 1. The Labute approximate surface area is 110 Å². The second-order valence-electron chi connectivity index (χ2n) is 3.64. The second-order valence-corrected chi connectivity index (χ2v) is 4.69. The molecule has 0 spiro atoms. The van der Waals surface area contributed by atoms with Gasteiger partial charge in [0.15, 0.2) is 0 Å². The molecule has 2 aromatic rings. The largest absolute Gasteiger partial charge is 0.399 e. The maximum absolute atomic E-state index is 11.7. The van der Waals surface area contributed by atoms with Gasteiger partial charge in [0, 0.05) is 28.7 Å². The van der Waals surface area contributed by atoms with Crippen molar-refractivity contribution in [2.45, 2.75) is 4.90 Å². The van der Waals surface area contributed by atoms with Crippen molar-refractivity contribution in [1.82, 2.24) is 4.98 Å². The van der Waals surface area contributed by atoms with Crippen LogP contribution in [0.2, 0.25) is 0 Å². The number of thioether (sulfide) groups is 1. The summed E-state index contributed by atoms with van der Waals surface area (Å²) in [6, 6.07) is 10.8. The molecular formula is C13H13N3OS. The van der Waals surface area contributed by atoms with Gasteiger partial charge in [-0.15, -0.1) is 11.8 Å². The highest BCUT2D eigenvalue weighted by molar-refractivity contribution is 8.00. The highest BCUT2D eigenvalue weighted by Gasteiger charge is 2.03. The third kappa shape index (κ3) is 3.78. The van der Waals surface area contributed by atoms with E-state index in [2.05, 4.69) is 10.3 Å². The Morgan fingerprint density at radius 2 is 1.83 bits per heavy atom. The second kappa shape index (κ2) is 6.07. The van der Waals surface area contributed by atoms with Gasteiger partial charge in [0.1, 0.15) is 0 Å². The fourth-order valence-electron chi connectivity index (χ4n) is 1.35.